The van der Waals surface area contributed by atoms with Crippen molar-refractivity contribution in [2.75, 3.05) is 31.7 Å². The van der Waals surface area contributed by atoms with Crippen LogP contribution in [0.15, 0.2) is 55.1 Å². The summed E-state index contributed by atoms with van der Waals surface area (Å²) >= 11 is 0. The van der Waals surface area contributed by atoms with Crippen LogP contribution in [0.3, 0.4) is 0 Å². The van der Waals surface area contributed by atoms with E-state index < -0.39 is 5.60 Å². The van der Waals surface area contributed by atoms with E-state index in [1.165, 1.54) is 6.20 Å². The number of hydrogen-bond donors (Lipinski definition) is 2. The summed E-state index contributed by atoms with van der Waals surface area (Å²) in [7, 11) is 1.59. The zero-order valence-corrected chi connectivity index (χ0v) is 21.0. The molecule has 3 N–H and O–H groups in total. The fourth-order valence-corrected chi connectivity index (χ4v) is 4.50. The van der Waals surface area contributed by atoms with Crippen molar-refractivity contribution in [3.63, 3.8) is 0 Å². The van der Waals surface area contributed by atoms with Crippen molar-refractivity contribution in [3.05, 3.63) is 66.2 Å². The lowest BCUT2D eigenvalue weighted by Gasteiger charge is -2.48. The summed E-state index contributed by atoms with van der Waals surface area (Å²) in [5.74, 6) is 1.95. The zero-order valence-electron chi connectivity index (χ0n) is 21.0. The number of nitrogens with zero attached hydrogens (tertiary/aromatic N) is 6. The first-order valence-electron chi connectivity index (χ1n) is 11.9. The Balaban J connectivity index is 1.34. The molecule has 0 atom stereocenters. The van der Waals surface area contributed by atoms with Crippen molar-refractivity contribution in [2.24, 2.45) is 5.73 Å². The third-order valence-electron chi connectivity index (χ3n) is 6.26. The summed E-state index contributed by atoms with van der Waals surface area (Å²) in [6.45, 7) is 4.82. The number of pyridine rings is 3. The lowest BCUT2D eigenvalue weighted by Crippen LogP contribution is -2.68. The van der Waals surface area contributed by atoms with Crippen molar-refractivity contribution in [3.8, 4) is 28.8 Å². The van der Waals surface area contributed by atoms with Crippen LogP contribution < -0.4 is 20.1 Å². The van der Waals surface area contributed by atoms with Gasteiger partial charge in [0.05, 0.1) is 41.7 Å². The molecule has 0 radical (unpaired) electrons. The lowest BCUT2D eigenvalue weighted by atomic mass is 9.85. The number of aliphatic hydroxyl groups is 1. The molecule has 10 nitrogen and oxygen atoms in total. The van der Waals surface area contributed by atoms with Gasteiger partial charge in [-0.1, -0.05) is 6.07 Å². The number of nitrogens with two attached hydrogens (primary N) is 1. The molecule has 0 spiro atoms. The quantitative estimate of drug-likeness (QED) is 0.375. The van der Waals surface area contributed by atoms with E-state index in [1.54, 1.807) is 44.1 Å². The van der Waals surface area contributed by atoms with Gasteiger partial charge in [0.15, 0.2) is 0 Å². The van der Waals surface area contributed by atoms with Crippen molar-refractivity contribution in [2.45, 2.75) is 31.4 Å². The topological polar surface area (TPSA) is 135 Å². The number of aromatic nitrogens is 4. The Morgan fingerprint density at radius 3 is 2.59 bits per heavy atom. The predicted molar refractivity (Wildman–Crippen MR) is 139 cm³/mol. The minimum atomic E-state index is -0.987. The summed E-state index contributed by atoms with van der Waals surface area (Å²) in [6.07, 6.45) is 7.52. The van der Waals surface area contributed by atoms with Gasteiger partial charge in [-0.25, -0.2) is 14.5 Å². The van der Waals surface area contributed by atoms with E-state index in [9.17, 15) is 10.4 Å². The largest absolute Gasteiger partial charge is 0.489 e. The lowest BCUT2D eigenvalue weighted by molar-refractivity contribution is 0.0283. The fraction of sp³-hybridized carbons (Fsp3) is 0.333. The van der Waals surface area contributed by atoms with Crippen LogP contribution in [-0.2, 0) is 6.42 Å². The first kappa shape index (κ1) is 24.5. The first-order chi connectivity index (χ1) is 17.7. The second kappa shape index (κ2) is 9.35. The van der Waals surface area contributed by atoms with Gasteiger partial charge >= 0.3 is 0 Å². The summed E-state index contributed by atoms with van der Waals surface area (Å²) in [5.41, 5.74) is 9.06. The standard InChI is InChI=1S/C27H29N7O3/c1-26(2,35)17-37-21-8-22(25-20(10-28)13-32-34(25)14-21)19-5-6-23(30-12-19)33-15-27(29,16-33)9-18-4-7-24(36-3)31-11-18/h4-8,11-14,35H,9,15-17,29H2,1-3H3. The number of nitriles is 1. The van der Waals surface area contributed by atoms with Gasteiger partial charge < -0.3 is 25.2 Å². The van der Waals surface area contributed by atoms with Gasteiger partial charge in [0, 0.05) is 42.7 Å². The van der Waals surface area contributed by atoms with Crippen LogP contribution >= 0.6 is 0 Å². The molecular weight excluding hydrogens is 470 g/mol. The van der Waals surface area contributed by atoms with Crippen LogP contribution in [0.5, 0.6) is 11.6 Å². The highest BCUT2D eigenvalue weighted by Crippen LogP contribution is 2.33. The normalized spacial score (nSPS) is 14.8. The molecule has 1 aliphatic rings. The van der Waals surface area contributed by atoms with E-state index in [0.29, 0.717) is 42.2 Å². The first-order valence-corrected chi connectivity index (χ1v) is 11.9. The van der Waals surface area contributed by atoms with Crippen LogP contribution in [-0.4, -0.2) is 62.6 Å². The zero-order chi connectivity index (χ0) is 26.2. The van der Waals surface area contributed by atoms with E-state index in [0.717, 1.165) is 22.5 Å². The molecule has 0 saturated carbocycles. The molecule has 4 aromatic rings. The second-order valence-electron chi connectivity index (χ2n) is 10.2. The highest BCUT2D eigenvalue weighted by atomic mass is 16.5. The number of hydrogen-bond acceptors (Lipinski definition) is 9. The van der Waals surface area contributed by atoms with E-state index in [4.69, 9.17) is 15.2 Å². The molecule has 1 aliphatic heterocycles. The fourth-order valence-electron chi connectivity index (χ4n) is 4.50. The number of ether oxygens (including phenoxy) is 2. The molecule has 0 unspecified atom stereocenters. The van der Waals surface area contributed by atoms with E-state index in [2.05, 4.69) is 26.0 Å². The molecule has 5 rings (SSSR count). The van der Waals surface area contributed by atoms with E-state index in [1.807, 2.05) is 30.3 Å². The summed E-state index contributed by atoms with van der Waals surface area (Å²) in [4.78, 5) is 11.1. The Hall–Kier alpha value is -4.20. The molecule has 190 valence electrons. The van der Waals surface area contributed by atoms with Crippen LogP contribution in [0.4, 0.5) is 5.82 Å². The number of methoxy groups -OCH3 is 1. The predicted octanol–water partition coefficient (Wildman–Crippen LogP) is 2.58. The molecule has 1 fully saturated rings. The van der Waals surface area contributed by atoms with Crippen LogP contribution in [0.1, 0.15) is 25.0 Å². The molecule has 4 aromatic heterocycles. The maximum Gasteiger partial charge on any atom is 0.212 e. The molecule has 5 heterocycles. The van der Waals surface area contributed by atoms with Crippen LogP contribution in [0.2, 0.25) is 0 Å². The van der Waals surface area contributed by atoms with Crippen molar-refractivity contribution < 1.29 is 14.6 Å². The van der Waals surface area contributed by atoms with Gasteiger partial charge in [0.25, 0.3) is 0 Å². The monoisotopic (exact) mass is 499 g/mol. The molecule has 0 aliphatic carbocycles. The van der Waals surface area contributed by atoms with Gasteiger partial charge in [-0.15, -0.1) is 0 Å². The van der Waals surface area contributed by atoms with Gasteiger partial charge in [0.2, 0.25) is 5.88 Å². The Kier molecular flexibility index (Phi) is 6.19. The molecule has 37 heavy (non-hydrogen) atoms. The number of anilines is 1. The van der Waals surface area contributed by atoms with Crippen molar-refractivity contribution in [1.29, 1.82) is 5.26 Å². The summed E-state index contributed by atoms with van der Waals surface area (Å²) < 4.78 is 12.6. The van der Waals surface area contributed by atoms with E-state index in [-0.39, 0.29) is 12.1 Å². The summed E-state index contributed by atoms with van der Waals surface area (Å²) in [5, 5.41) is 24.0. The van der Waals surface area contributed by atoms with Crippen molar-refractivity contribution >= 4 is 11.3 Å². The minimum Gasteiger partial charge on any atom is -0.489 e. The number of rotatable bonds is 8. The van der Waals surface area contributed by atoms with E-state index >= 15 is 0 Å². The Morgan fingerprint density at radius 1 is 1.16 bits per heavy atom. The van der Waals surface area contributed by atoms with Crippen LogP contribution in [0.25, 0.3) is 16.6 Å². The van der Waals surface area contributed by atoms with Gasteiger partial charge in [-0.3, -0.25) is 0 Å². The SMILES string of the molecule is COc1ccc(CC2(N)CN(c3ccc(-c4cc(OCC(C)(C)O)cn5ncc(C#N)c45)cn3)C2)cn1. The minimum absolute atomic E-state index is 0.115. The maximum absolute atomic E-state index is 10.1. The molecule has 0 bridgehead atoms. The highest BCUT2D eigenvalue weighted by Gasteiger charge is 2.40. The number of fused-ring (bicyclic) bond motifs is 1. The second-order valence-corrected chi connectivity index (χ2v) is 10.2. The molecule has 1 saturated heterocycles. The molecular formula is C27H29N7O3. The third-order valence-corrected chi connectivity index (χ3v) is 6.26. The average Bonchev–Trinajstić information content (AvgIpc) is 3.29. The Bertz CT molecular complexity index is 1450. The van der Waals surface area contributed by atoms with Gasteiger partial charge in [0.1, 0.15) is 24.2 Å². The Morgan fingerprint density at radius 2 is 1.97 bits per heavy atom. The molecule has 0 amide bonds. The maximum atomic E-state index is 10.1. The van der Waals surface area contributed by atoms with Crippen molar-refractivity contribution in [1.82, 2.24) is 19.6 Å². The Labute approximate surface area is 214 Å². The van der Waals surface area contributed by atoms with Crippen LogP contribution in [0, 0.1) is 11.3 Å². The average molecular weight is 500 g/mol. The molecule has 10 heteroatoms. The van der Waals surface area contributed by atoms with Gasteiger partial charge in [-0.05, 0) is 44.0 Å². The summed E-state index contributed by atoms with van der Waals surface area (Å²) in [6, 6.07) is 11.8. The smallest absolute Gasteiger partial charge is 0.212 e. The highest BCUT2D eigenvalue weighted by molar-refractivity contribution is 5.85. The molecule has 0 aromatic carbocycles. The van der Waals surface area contributed by atoms with Gasteiger partial charge in [-0.2, -0.15) is 10.4 Å². The third kappa shape index (κ3) is 5.18.